The van der Waals surface area contributed by atoms with Gasteiger partial charge in [-0.25, -0.2) is 0 Å². The Balaban J connectivity index is 2.52. The van der Waals surface area contributed by atoms with Crippen LogP contribution in [0.25, 0.3) is 0 Å². The minimum Gasteiger partial charge on any atom is -0.307 e. The minimum atomic E-state index is -0.469. The number of hydrogen-bond donors (Lipinski definition) is 2. The molecule has 1 aromatic rings. The molecule has 1 amide bonds. The highest BCUT2D eigenvalue weighted by molar-refractivity contribution is 7.80. The lowest BCUT2D eigenvalue weighted by Crippen LogP contribution is -2.41. The first-order valence-corrected chi connectivity index (χ1v) is 5.94. The van der Waals surface area contributed by atoms with Crippen LogP contribution in [0.15, 0.2) is 0 Å². The molecule has 0 saturated heterocycles. The van der Waals surface area contributed by atoms with E-state index < -0.39 is 5.41 Å². The molecule has 1 aromatic heterocycles. The molecule has 0 atom stereocenters. The molecule has 7 heteroatoms. The first kappa shape index (κ1) is 13.0. The summed E-state index contributed by atoms with van der Waals surface area (Å²) < 4.78 is 0. The number of nitrogens with zero attached hydrogens (tertiary/aromatic N) is 2. The average Bonchev–Trinajstić information content (AvgIpc) is 2.49. The van der Waals surface area contributed by atoms with Crippen LogP contribution in [0.1, 0.15) is 25.8 Å². The van der Waals surface area contributed by atoms with Crippen molar-refractivity contribution >= 4 is 39.7 Å². The van der Waals surface area contributed by atoms with Crippen molar-refractivity contribution in [1.29, 1.82) is 0 Å². The lowest BCUT2D eigenvalue weighted by atomic mass is 9.96. The Bertz CT molecular complexity index is 408. The van der Waals surface area contributed by atoms with Crippen LogP contribution in [-0.2, 0) is 4.79 Å². The number of nitrogens with one attached hydrogen (secondary N) is 2. The Hall–Kier alpha value is -1.08. The fourth-order valence-electron chi connectivity index (χ4n) is 0.766. The number of amides is 1. The summed E-state index contributed by atoms with van der Waals surface area (Å²) in [5, 5.41) is 14.8. The molecule has 1 heterocycles. The summed E-state index contributed by atoms with van der Waals surface area (Å²) in [6.45, 7) is 7.31. The summed E-state index contributed by atoms with van der Waals surface area (Å²) in [5.41, 5.74) is -0.469. The second kappa shape index (κ2) is 4.84. The van der Waals surface area contributed by atoms with Crippen molar-refractivity contribution in [3.05, 3.63) is 5.01 Å². The molecule has 0 aliphatic rings. The van der Waals surface area contributed by atoms with E-state index in [0.717, 1.165) is 5.01 Å². The second-order valence-corrected chi connectivity index (χ2v) is 5.87. The number of anilines is 1. The number of carbonyl (C=O) groups excluding carboxylic acids is 1. The largest absolute Gasteiger partial charge is 0.307 e. The molecule has 1 rings (SSSR count). The predicted molar refractivity (Wildman–Crippen MR) is 68.5 cm³/mol. The van der Waals surface area contributed by atoms with Gasteiger partial charge in [-0.1, -0.05) is 32.1 Å². The molecular weight excluding hydrogens is 244 g/mol. The number of carbonyl (C=O) groups is 1. The topological polar surface area (TPSA) is 66.9 Å². The fourth-order valence-corrected chi connectivity index (χ4v) is 1.62. The van der Waals surface area contributed by atoms with Gasteiger partial charge in [0.2, 0.25) is 11.0 Å². The van der Waals surface area contributed by atoms with Gasteiger partial charge in [0.05, 0.1) is 0 Å². The maximum absolute atomic E-state index is 11.6. The summed E-state index contributed by atoms with van der Waals surface area (Å²) in [5.74, 6) is -0.133. The summed E-state index contributed by atoms with van der Waals surface area (Å²) >= 11 is 6.36. The third-order valence-corrected chi connectivity index (χ3v) is 2.61. The smallest absolute Gasteiger partial charge is 0.231 e. The molecule has 0 aliphatic carbocycles. The third-order valence-electron chi connectivity index (χ3n) is 1.65. The van der Waals surface area contributed by atoms with E-state index in [-0.39, 0.29) is 11.0 Å². The van der Waals surface area contributed by atoms with Crippen molar-refractivity contribution in [2.75, 3.05) is 5.32 Å². The molecule has 0 bridgehead atoms. The van der Waals surface area contributed by atoms with Crippen molar-refractivity contribution in [3.63, 3.8) is 0 Å². The first-order chi connectivity index (χ1) is 7.29. The van der Waals surface area contributed by atoms with Crippen molar-refractivity contribution < 1.29 is 4.79 Å². The monoisotopic (exact) mass is 258 g/mol. The van der Waals surface area contributed by atoms with Gasteiger partial charge in [0, 0.05) is 5.41 Å². The first-order valence-electron chi connectivity index (χ1n) is 4.71. The Morgan fingerprint density at radius 2 is 2.00 bits per heavy atom. The van der Waals surface area contributed by atoms with Gasteiger partial charge in [-0.05, 0) is 19.1 Å². The molecule has 0 fully saturated rings. The van der Waals surface area contributed by atoms with Crippen molar-refractivity contribution in [2.45, 2.75) is 27.7 Å². The van der Waals surface area contributed by atoms with Crippen molar-refractivity contribution in [3.8, 4) is 0 Å². The van der Waals surface area contributed by atoms with E-state index >= 15 is 0 Å². The van der Waals surface area contributed by atoms with Gasteiger partial charge in [0.15, 0.2) is 5.11 Å². The Kier molecular flexibility index (Phi) is 3.93. The van der Waals surface area contributed by atoms with Crippen LogP contribution in [-0.4, -0.2) is 21.2 Å². The van der Waals surface area contributed by atoms with E-state index in [4.69, 9.17) is 12.2 Å². The molecule has 0 aromatic carbocycles. The molecule has 0 unspecified atom stereocenters. The maximum Gasteiger partial charge on any atom is 0.231 e. The Morgan fingerprint density at radius 1 is 1.38 bits per heavy atom. The van der Waals surface area contributed by atoms with Crippen LogP contribution in [0.2, 0.25) is 0 Å². The van der Waals surface area contributed by atoms with Crippen LogP contribution < -0.4 is 10.6 Å². The zero-order valence-electron chi connectivity index (χ0n) is 9.62. The third kappa shape index (κ3) is 3.82. The minimum absolute atomic E-state index is 0.133. The van der Waals surface area contributed by atoms with Gasteiger partial charge in [0.25, 0.3) is 0 Å². The van der Waals surface area contributed by atoms with Gasteiger partial charge >= 0.3 is 0 Å². The number of aryl methyl sites for hydroxylation is 1. The van der Waals surface area contributed by atoms with E-state index in [0.29, 0.717) is 5.13 Å². The molecular formula is C9H14N4OS2. The van der Waals surface area contributed by atoms with Gasteiger partial charge in [-0.2, -0.15) is 0 Å². The lowest BCUT2D eigenvalue weighted by Gasteiger charge is -2.17. The number of aromatic nitrogens is 2. The SMILES string of the molecule is Cc1nnc(NC(=S)NC(=O)C(C)(C)C)s1. The van der Waals surface area contributed by atoms with Gasteiger partial charge < -0.3 is 10.6 Å². The summed E-state index contributed by atoms with van der Waals surface area (Å²) in [6.07, 6.45) is 0. The van der Waals surface area contributed by atoms with E-state index in [1.165, 1.54) is 11.3 Å². The van der Waals surface area contributed by atoms with Crippen molar-refractivity contribution in [2.24, 2.45) is 5.41 Å². The molecule has 0 aliphatic heterocycles. The fraction of sp³-hybridized carbons (Fsp3) is 0.556. The second-order valence-electron chi connectivity index (χ2n) is 4.28. The highest BCUT2D eigenvalue weighted by atomic mass is 32.1. The van der Waals surface area contributed by atoms with Gasteiger partial charge in [0.1, 0.15) is 5.01 Å². The van der Waals surface area contributed by atoms with E-state index in [1.54, 1.807) is 0 Å². The summed E-state index contributed by atoms with van der Waals surface area (Å²) in [7, 11) is 0. The quantitative estimate of drug-likeness (QED) is 0.751. The van der Waals surface area contributed by atoms with E-state index in [1.807, 2.05) is 27.7 Å². The van der Waals surface area contributed by atoms with Gasteiger partial charge in [-0.3, -0.25) is 4.79 Å². The summed E-state index contributed by atoms with van der Waals surface area (Å²) in [6, 6.07) is 0. The Morgan fingerprint density at radius 3 is 2.44 bits per heavy atom. The zero-order valence-corrected chi connectivity index (χ0v) is 11.3. The molecule has 88 valence electrons. The predicted octanol–water partition coefficient (Wildman–Crippen LogP) is 1.71. The summed E-state index contributed by atoms with van der Waals surface area (Å²) in [4.78, 5) is 11.6. The zero-order chi connectivity index (χ0) is 12.3. The normalized spacial score (nSPS) is 11.0. The number of hydrogen-bond acceptors (Lipinski definition) is 5. The van der Waals surface area contributed by atoms with Crippen LogP contribution in [0, 0.1) is 12.3 Å². The highest BCUT2D eigenvalue weighted by Gasteiger charge is 2.22. The van der Waals surface area contributed by atoms with Gasteiger partial charge in [-0.15, -0.1) is 10.2 Å². The Labute approximate surface area is 104 Å². The average molecular weight is 258 g/mol. The molecule has 0 radical (unpaired) electrons. The van der Waals surface area contributed by atoms with Crippen LogP contribution >= 0.6 is 23.6 Å². The van der Waals surface area contributed by atoms with E-state index in [9.17, 15) is 4.79 Å². The molecule has 0 saturated carbocycles. The van der Waals surface area contributed by atoms with E-state index in [2.05, 4.69) is 20.8 Å². The lowest BCUT2D eigenvalue weighted by molar-refractivity contribution is -0.126. The molecule has 5 nitrogen and oxygen atoms in total. The molecule has 16 heavy (non-hydrogen) atoms. The highest BCUT2D eigenvalue weighted by Crippen LogP contribution is 2.15. The van der Waals surface area contributed by atoms with Crippen LogP contribution in [0.4, 0.5) is 5.13 Å². The maximum atomic E-state index is 11.6. The van der Waals surface area contributed by atoms with Crippen LogP contribution in [0.3, 0.4) is 0 Å². The van der Waals surface area contributed by atoms with Crippen molar-refractivity contribution in [1.82, 2.24) is 15.5 Å². The molecule has 0 spiro atoms. The number of thiocarbonyl (C=S) groups is 1. The number of rotatable bonds is 1. The van der Waals surface area contributed by atoms with Crippen LogP contribution in [0.5, 0.6) is 0 Å². The molecule has 2 N–H and O–H groups in total. The standard InChI is InChI=1S/C9H14N4OS2/c1-5-12-13-8(16-5)11-7(15)10-6(14)9(2,3)4/h1-4H3,(H2,10,11,13,14,15).